The number of hydrogen-bond acceptors (Lipinski definition) is 6. The third-order valence-electron chi connectivity index (χ3n) is 4.00. The lowest BCUT2D eigenvalue weighted by molar-refractivity contribution is 0.0575. The summed E-state index contributed by atoms with van der Waals surface area (Å²) in [7, 11) is 0. The summed E-state index contributed by atoms with van der Waals surface area (Å²) in [5.41, 5.74) is -0.465. The molecule has 0 saturated carbocycles. The molecule has 23 heavy (non-hydrogen) atoms. The van der Waals surface area contributed by atoms with Gasteiger partial charge < -0.3 is 15.3 Å². The fourth-order valence-electron chi connectivity index (χ4n) is 2.65. The largest absolute Gasteiger partial charge is 0.386 e. The van der Waals surface area contributed by atoms with Gasteiger partial charge in [0, 0.05) is 44.8 Å². The van der Waals surface area contributed by atoms with E-state index < -0.39 is 5.60 Å². The monoisotopic (exact) mass is 316 g/mol. The Kier molecular flexibility index (Phi) is 4.24. The standard InChI is InChI=1S/C15H20N6O2/c1-2-21-9-12(7-19-21)14(22)18-10-15(23)3-6-20(11-15)13-8-16-4-5-17-13/h4-5,7-9,23H,2-3,6,10-11H2,1H3,(H,18,22)/t15-/m0/s1. The Labute approximate surface area is 134 Å². The number of hydrogen-bond donors (Lipinski definition) is 2. The van der Waals surface area contributed by atoms with Crippen LogP contribution < -0.4 is 10.2 Å². The van der Waals surface area contributed by atoms with Crippen LogP contribution in [0, 0.1) is 0 Å². The number of β-amino-alcohol motifs (C(OH)–C–C–N with tert-alkyl or cyclic N) is 1. The molecule has 0 aromatic carbocycles. The molecule has 2 aromatic rings. The molecule has 0 aliphatic carbocycles. The summed E-state index contributed by atoms with van der Waals surface area (Å²) < 4.78 is 1.69. The normalized spacial score (nSPS) is 20.7. The second-order valence-corrected chi connectivity index (χ2v) is 5.73. The fraction of sp³-hybridized carbons (Fsp3) is 0.467. The predicted octanol–water partition coefficient (Wildman–Crippen LogP) is 0.0642. The van der Waals surface area contributed by atoms with Gasteiger partial charge in [0.05, 0.1) is 18.0 Å². The van der Waals surface area contributed by atoms with E-state index in [2.05, 4.69) is 20.4 Å². The van der Waals surface area contributed by atoms with Crippen LogP contribution in [0.2, 0.25) is 0 Å². The van der Waals surface area contributed by atoms with E-state index in [1.165, 1.54) is 6.20 Å². The molecular formula is C15H20N6O2. The van der Waals surface area contributed by atoms with Gasteiger partial charge in [-0.2, -0.15) is 5.10 Å². The third-order valence-corrected chi connectivity index (χ3v) is 4.00. The summed E-state index contributed by atoms with van der Waals surface area (Å²) in [4.78, 5) is 22.4. The lowest BCUT2D eigenvalue weighted by Crippen LogP contribution is -2.45. The highest BCUT2D eigenvalue weighted by Gasteiger charge is 2.37. The van der Waals surface area contributed by atoms with Crippen molar-refractivity contribution in [1.29, 1.82) is 0 Å². The first-order valence-electron chi connectivity index (χ1n) is 7.64. The highest BCUT2D eigenvalue weighted by molar-refractivity contribution is 5.93. The summed E-state index contributed by atoms with van der Waals surface area (Å²) in [6, 6.07) is 0. The molecule has 1 atom stereocenters. The first-order chi connectivity index (χ1) is 11.1. The van der Waals surface area contributed by atoms with Gasteiger partial charge in [-0.3, -0.25) is 14.5 Å². The van der Waals surface area contributed by atoms with Gasteiger partial charge in [0.2, 0.25) is 0 Å². The Balaban J connectivity index is 1.56. The molecule has 1 saturated heterocycles. The first kappa shape index (κ1) is 15.4. The zero-order chi connectivity index (χ0) is 16.3. The number of nitrogens with one attached hydrogen (secondary N) is 1. The zero-order valence-corrected chi connectivity index (χ0v) is 13.0. The second kappa shape index (κ2) is 6.33. The molecule has 1 aliphatic heterocycles. The number of aryl methyl sites for hydroxylation is 1. The van der Waals surface area contributed by atoms with Crippen LogP contribution >= 0.6 is 0 Å². The molecule has 8 heteroatoms. The van der Waals surface area contributed by atoms with Crippen molar-refractivity contribution in [2.75, 3.05) is 24.5 Å². The maximum Gasteiger partial charge on any atom is 0.254 e. The molecule has 2 aromatic heterocycles. The topological polar surface area (TPSA) is 96.2 Å². The van der Waals surface area contributed by atoms with Crippen LogP contribution in [0.25, 0.3) is 0 Å². The van der Waals surface area contributed by atoms with Crippen molar-refractivity contribution >= 4 is 11.7 Å². The van der Waals surface area contributed by atoms with E-state index in [1.807, 2.05) is 11.8 Å². The minimum atomic E-state index is -0.964. The molecule has 3 heterocycles. The highest BCUT2D eigenvalue weighted by Crippen LogP contribution is 2.24. The maximum atomic E-state index is 12.1. The van der Waals surface area contributed by atoms with Crippen LogP contribution in [-0.2, 0) is 6.54 Å². The summed E-state index contributed by atoms with van der Waals surface area (Å²) in [6.45, 7) is 3.96. The average molecular weight is 316 g/mol. The van der Waals surface area contributed by atoms with Gasteiger partial charge in [0.25, 0.3) is 5.91 Å². The van der Waals surface area contributed by atoms with Crippen LogP contribution in [0.15, 0.2) is 31.0 Å². The number of carbonyl (C=O) groups excluding carboxylic acids is 1. The van der Waals surface area contributed by atoms with Gasteiger partial charge in [-0.15, -0.1) is 0 Å². The van der Waals surface area contributed by atoms with Gasteiger partial charge in [-0.25, -0.2) is 4.98 Å². The maximum absolute atomic E-state index is 12.1. The van der Waals surface area contributed by atoms with Crippen LogP contribution in [0.1, 0.15) is 23.7 Å². The van der Waals surface area contributed by atoms with E-state index in [0.29, 0.717) is 31.6 Å². The molecule has 0 unspecified atom stereocenters. The van der Waals surface area contributed by atoms with Gasteiger partial charge in [-0.05, 0) is 13.3 Å². The van der Waals surface area contributed by atoms with Crippen LogP contribution in [0.3, 0.4) is 0 Å². The fourth-order valence-corrected chi connectivity index (χ4v) is 2.65. The Hall–Kier alpha value is -2.48. The molecular weight excluding hydrogens is 296 g/mol. The summed E-state index contributed by atoms with van der Waals surface area (Å²) in [6.07, 6.45) is 8.70. The van der Waals surface area contributed by atoms with Crippen LogP contribution in [0.5, 0.6) is 0 Å². The number of amides is 1. The van der Waals surface area contributed by atoms with Crippen molar-refractivity contribution in [2.24, 2.45) is 0 Å². The van der Waals surface area contributed by atoms with Gasteiger partial charge in [0.1, 0.15) is 11.4 Å². The van der Waals surface area contributed by atoms with E-state index in [4.69, 9.17) is 0 Å². The summed E-state index contributed by atoms with van der Waals surface area (Å²) in [5, 5.41) is 17.5. The lowest BCUT2D eigenvalue weighted by atomic mass is 10.0. The lowest BCUT2D eigenvalue weighted by Gasteiger charge is -2.23. The molecule has 0 radical (unpaired) electrons. The molecule has 122 valence electrons. The Morgan fingerprint density at radius 3 is 3.00 bits per heavy atom. The molecule has 3 rings (SSSR count). The van der Waals surface area contributed by atoms with Crippen molar-refractivity contribution in [2.45, 2.75) is 25.5 Å². The number of aromatic nitrogens is 4. The van der Waals surface area contributed by atoms with E-state index >= 15 is 0 Å². The van der Waals surface area contributed by atoms with Crippen LogP contribution in [0.4, 0.5) is 5.82 Å². The van der Waals surface area contributed by atoms with Gasteiger partial charge >= 0.3 is 0 Å². The number of aliphatic hydroxyl groups is 1. The first-order valence-corrected chi connectivity index (χ1v) is 7.64. The van der Waals surface area contributed by atoms with Crippen molar-refractivity contribution < 1.29 is 9.90 Å². The number of anilines is 1. The zero-order valence-electron chi connectivity index (χ0n) is 13.0. The Morgan fingerprint density at radius 1 is 1.43 bits per heavy atom. The number of carbonyl (C=O) groups is 1. The predicted molar refractivity (Wildman–Crippen MR) is 84.0 cm³/mol. The smallest absolute Gasteiger partial charge is 0.254 e. The number of nitrogens with zero attached hydrogens (tertiary/aromatic N) is 5. The minimum Gasteiger partial charge on any atom is -0.386 e. The highest BCUT2D eigenvalue weighted by atomic mass is 16.3. The van der Waals surface area contributed by atoms with E-state index in [-0.39, 0.29) is 12.5 Å². The molecule has 8 nitrogen and oxygen atoms in total. The number of rotatable bonds is 5. The van der Waals surface area contributed by atoms with E-state index in [0.717, 1.165) is 5.82 Å². The quantitative estimate of drug-likeness (QED) is 0.810. The Morgan fingerprint density at radius 2 is 2.30 bits per heavy atom. The molecule has 1 aliphatic rings. The molecule has 1 fully saturated rings. The van der Waals surface area contributed by atoms with Crippen molar-refractivity contribution in [3.63, 3.8) is 0 Å². The molecule has 1 amide bonds. The van der Waals surface area contributed by atoms with Crippen molar-refractivity contribution in [1.82, 2.24) is 25.1 Å². The molecule has 2 N–H and O–H groups in total. The second-order valence-electron chi connectivity index (χ2n) is 5.73. The molecule has 0 bridgehead atoms. The SMILES string of the molecule is CCn1cc(C(=O)NC[C@@]2(O)CCN(c3cnccn3)C2)cn1. The summed E-state index contributed by atoms with van der Waals surface area (Å²) >= 11 is 0. The van der Waals surface area contributed by atoms with Gasteiger partial charge in [0.15, 0.2) is 0 Å². The third kappa shape index (κ3) is 3.48. The van der Waals surface area contributed by atoms with E-state index in [1.54, 1.807) is 29.5 Å². The summed E-state index contributed by atoms with van der Waals surface area (Å²) in [5.74, 6) is 0.509. The van der Waals surface area contributed by atoms with Crippen LogP contribution in [-0.4, -0.2) is 56.0 Å². The molecule has 0 spiro atoms. The van der Waals surface area contributed by atoms with Crippen molar-refractivity contribution in [3.05, 3.63) is 36.5 Å². The average Bonchev–Trinajstić information content (AvgIpc) is 3.21. The minimum absolute atomic E-state index is 0.194. The van der Waals surface area contributed by atoms with Gasteiger partial charge in [-0.1, -0.05) is 0 Å². The van der Waals surface area contributed by atoms with E-state index in [9.17, 15) is 9.90 Å². The van der Waals surface area contributed by atoms with Crippen molar-refractivity contribution in [3.8, 4) is 0 Å². The Bertz CT molecular complexity index is 674.